The van der Waals surface area contributed by atoms with E-state index in [9.17, 15) is 0 Å². The molecule has 2 rings (SSSR count). The minimum atomic E-state index is 0.324. The summed E-state index contributed by atoms with van der Waals surface area (Å²) >= 11 is 0. The van der Waals surface area contributed by atoms with E-state index in [4.69, 9.17) is 5.11 Å². The standard InChI is InChI=1S/C12H21N3O/c1-3-12-11(7-14(2)13-12)8-15-5-4-10(6-15)9-16/h7,10,16H,3-6,8-9H2,1-2H3. The van der Waals surface area contributed by atoms with Crippen LogP contribution in [0.5, 0.6) is 0 Å². The van der Waals surface area contributed by atoms with Crippen LogP contribution in [0.25, 0.3) is 0 Å². The highest BCUT2D eigenvalue weighted by atomic mass is 16.3. The topological polar surface area (TPSA) is 41.3 Å². The van der Waals surface area contributed by atoms with Crippen molar-refractivity contribution in [2.24, 2.45) is 13.0 Å². The lowest BCUT2D eigenvalue weighted by Gasteiger charge is -2.14. The number of rotatable bonds is 4. The molecule has 0 spiro atoms. The molecule has 4 nitrogen and oxygen atoms in total. The van der Waals surface area contributed by atoms with Gasteiger partial charge in [0.2, 0.25) is 0 Å². The zero-order valence-corrected chi connectivity index (χ0v) is 10.2. The molecule has 0 amide bonds. The van der Waals surface area contributed by atoms with Crippen LogP contribution < -0.4 is 0 Å². The van der Waals surface area contributed by atoms with Crippen molar-refractivity contribution in [3.63, 3.8) is 0 Å². The average molecular weight is 223 g/mol. The SMILES string of the molecule is CCc1nn(C)cc1CN1CCC(CO)C1. The molecule has 1 aliphatic rings. The summed E-state index contributed by atoms with van der Waals surface area (Å²) in [5, 5.41) is 13.6. The summed E-state index contributed by atoms with van der Waals surface area (Å²) in [5.41, 5.74) is 2.54. The molecule has 90 valence electrons. The zero-order valence-electron chi connectivity index (χ0n) is 10.2. The number of hydrogen-bond acceptors (Lipinski definition) is 3. The van der Waals surface area contributed by atoms with E-state index < -0.39 is 0 Å². The molecule has 2 heterocycles. The van der Waals surface area contributed by atoms with Gasteiger partial charge < -0.3 is 5.11 Å². The molecule has 0 radical (unpaired) electrons. The fraction of sp³-hybridized carbons (Fsp3) is 0.750. The Kier molecular flexibility index (Phi) is 3.61. The third-order valence-electron chi connectivity index (χ3n) is 3.35. The van der Waals surface area contributed by atoms with Gasteiger partial charge in [0.1, 0.15) is 0 Å². The van der Waals surface area contributed by atoms with Crippen molar-refractivity contribution in [3.8, 4) is 0 Å². The quantitative estimate of drug-likeness (QED) is 0.821. The highest BCUT2D eigenvalue weighted by Gasteiger charge is 2.22. The second kappa shape index (κ2) is 4.97. The Morgan fingerprint density at radius 2 is 2.38 bits per heavy atom. The van der Waals surface area contributed by atoms with Gasteiger partial charge in [-0.1, -0.05) is 6.92 Å². The molecule has 1 atom stereocenters. The lowest BCUT2D eigenvalue weighted by Crippen LogP contribution is -2.21. The molecular weight excluding hydrogens is 202 g/mol. The Morgan fingerprint density at radius 3 is 3.00 bits per heavy atom. The Bertz CT molecular complexity index is 348. The van der Waals surface area contributed by atoms with Gasteiger partial charge >= 0.3 is 0 Å². The number of aliphatic hydroxyl groups excluding tert-OH is 1. The predicted molar refractivity (Wildman–Crippen MR) is 63.1 cm³/mol. The minimum Gasteiger partial charge on any atom is -0.396 e. The second-order valence-electron chi connectivity index (χ2n) is 4.70. The maximum absolute atomic E-state index is 9.11. The summed E-state index contributed by atoms with van der Waals surface area (Å²) < 4.78 is 1.90. The molecule has 4 heteroatoms. The molecule has 1 aromatic rings. The van der Waals surface area contributed by atoms with E-state index in [1.54, 1.807) is 0 Å². The van der Waals surface area contributed by atoms with Gasteiger partial charge in [0.25, 0.3) is 0 Å². The Labute approximate surface area is 96.9 Å². The number of aromatic nitrogens is 2. The Balaban J connectivity index is 1.98. The van der Waals surface area contributed by atoms with E-state index in [0.717, 1.165) is 32.5 Å². The first-order valence-corrected chi connectivity index (χ1v) is 6.07. The first-order chi connectivity index (χ1) is 7.72. The molecule has 0 saturated carbocycles. The summed E-state index contributed by atoms with van der Waals surface area (Å²) in [6.07, 6.45) is 4.23. The summed E-state index contributed by atoms with van der Waals surface area (Å²) in [6, 6.07) is 0. The van der Waals surface area contributed by atoms with Crippen molar-refractivity contribution in [2.45, 2.75) is 26.3 Å². The van der Waals surface area contributed by atoms with Gasteiger partial charge in [0, 0.05) is 38.5 Å². The highest BCUT2D eigenvalue weighted by Crippen LogP contribution is 2.19. The lowest BCUT2D eigenvalue weighted by atomic mass is 10.1. The molecule has 1 aromatic heterocycles. The van der Waals surface area contributed by atoms with Gasteiger partial charge in [0.05, 0.1) is 5.69 Å². The number of aryl methyl sites for hydroxylation is 2. The fourth-order valence-corrected chi connectivity index (χ4v) is 2.46. The Morgan fingerprint density at radius 1 is 1.56 bits per heavy atom. The van der Waals surface area contributed by atoms with E-state index in [-0.39, 0.29) is 0 Å². The van der Waals surface area contributed by atoms with Crippen LogP contribution in [0.15, 0.2) is 6.20 Å². The van der Waals surface area contributed by atoms with E-state index in [2.05, 4.69) is 23.1 Å². The minimum absolute atomic E-state index is 0.324. The van der Waals surface area contributed by atoms with Crippen molar-refractivity contribution in [1.29, 1.82) is 0 Å². The molecule has 1 N–H and O–H groups in total. The van der Waals surface area contributed by atoms with E-state index in [1.807, 2.05) is 11.7 Å². The summed E-state index contributed by atoms with van der Waals surface area (Å²) in [6.45, 7) is 5.57. The number of nitrogens with zero attached hydrogens (tertiary/aromatic N) is 3. The summed E-state index contributed by atoms with van der Waals surface area (Å²) in [7, 11) is 1.98. The van der Waals surface area contributed by atoms with Crippen LogP contribution in [0.3, 0.4) is 0 Å². The second-order valence-corrected chi connectivity index (χ2v) is 4.70. The number of likely N-dealkylation sites (tertiary alicyclic amines) is 1. The van der Waals surface area contributed by atoms with Crippen LogP contribution in [-0.2, 0) is 20.0 Å². The van der Waals surface area contributed by atoms with Crippen LogP contribution in [-0.4, -0.2) is 39.5 Å². The average Bonchev–Trinajstić information content (AvgIpc) is 2.85. The molecular formula is C12H21N3O. The fourth-order valence-electron chi connectivity index (χ4n) is 2.46. The normalized spacial score (nSPS) is 21.8. The third kappa shape index (κ3) is 2.44. The van der Waals surface area contributed by atoms with Crippen LogP contribution in [0, 0.1) is 5.92 Å². The summed E-state index contributed by atoms with van der Waals surface area (Å²) in [4.78, 5) is 2.41. The predicted octanol–water partition coefficient (Wildman–Crippen LogP) is 0.797. The zero-order chi connectivity index (χ0) is 11.5. The third-order valence-corrected chi connectivity index (χ3v) is 3.35. The highest BCUT2D eigenvalue weighted by molar-refractivity contribution is 5.17. The van der Waals surface area contributed by atoms with Crippen molar-refractivity contribution >= 4 is 0 Å². The molecule has 0 aliphatic carbocycles. The smallest absolute Gasteiger partial charge is 0.0666 e. The van der Waals surface area contributed by atoms with E-state index in [1.165, 1.54) is 11.3 Å². The Hall–Kier alpha value is -0.870. The number of aliphatic hydroxyl groups is 1. The molecule has 0 aromatic carbocycles. The van der Waals surface area contributed by atoms with Gasteiger partial charge in [-0.3, -0.25) is 9.58 Å². The maximum atomic E-state index is 9.11. The van der Waals surface area contributed by atoms with Gasteiger partial charge in [-0.25, -0.2) is 0 Å². The number of hydrogen-bond donors (Lipinski definition) is 1. The van der Waals surface area contributed by atoms with Gasteiger partial charge in [-0.15, -0.1) is 0 Å². The largest absolute Gasteiger partial charge is 0.396 e. The van der Waals surface area contributed by atoms with Gasteiger partial charge in [0.15, 0.2) is 0 Å². The molecule has 1 fully saturated rings. The van der Waals surface area contributed by atoms with Crippen LogP contribution in [0.4, 0.5) is 0 Å². The molecule has 1 unspecified atom stereocenters. The van der Waals surface area contributed by atoms with Crippen molar-refractivity contribution < 1.29 is 5.11 Å². The van der Waals surface area contributed by atoms with Crippen LogP contribution in [0.2, 0.25) is 0 Å². The van der Waals surface area contributed by atoms with Crippen molar-refractivity contribution in [2.75, 3.05) is 19.7 Å². The monoisotopic (exact) mass is 223 g/mol. The molecule has 0 bridgehead atoms. The summed E-state index contributed by atoms with van der Waals surface area (Å²) in [5.74, 6) is 0.474. The van der Waals surface area contributed by atoms with E-state index in [0.29, 0.717) is 12.5 Å². The van der Waals surface area contributed by atoms with Crippen LogP contribution in [0.1, 0.15) is 24.6 Å². The van der Waals surface area contributed by atoms with Gasteiger partial charge in [-0.05, 0) is 25.3 Å². The van der Waals surface area contributed by atoms with Gasteiger partial charge in [-0.2, -0.15) is 5.10 Å². The first kappa shape index (κ1) is 11.6. The molecule has 1 saturated heterocycles. The molecule has 16 heavy (non-hydrogen) atoms. The lowest BCUT2D eigenvalue weighted by molar-refractivity contribution is 0.220. The first-order valence-electron chi connectivity index (χ1n) is 6.07. The van der Waals surface area contributed by atoms with Crippen LogP contribution >= 0.6 is 0 Å². The van der Waals surface area contributed by atoms with Crippen molar-refractivity contribution in [1.82, 2.24) is 14.7 Å². The molecule has 1 aliphatic heterocycles. The maximum Gasteiger partial charge on any atom is 0.0666 e. The van der Waals surface area contributed by atoms with Crippen molar-refractivity contribution in [3.05, 3.63) is 17.5 Å². The van der Waals surface area contributed by atoms with E-state index >= 15 is 0 Å².